The van der Waals surface area contributed by atoms with E-state index in [1.54, 1.807) is 18.2 Å². The van der Waals surface area contributed by atoms with Crippen LogP contribution in [0.2, 0.25) is 0 Å². The summed E-state index contributed by atoms with van der Waals surface area (Å²) in [5.74, 6) is -0.276. The van der Waals surface area contributed by atoms with Crippen LogP contribution in [0, 0.1) is 5.82 Å². The molecule has 0 saturated carbocycles. The van der Waals surface area contributed by atoms with Crippen LogP contribution in [0.4, 0.5) is 9.52 Å². The maximum atomic E-state index is 13.4. The summed E-state index contributed by atoms with van der Waals surface area (Å²) in [6, 6.07) is 14.4. The van der Waals surface area contributed by atoms with Crippen LogP contribution in [0.5, 0.6) is 0 Å². The quantitative estimate of drug-likeness (QED) is 0.631. The molecule has 0 amide bonds. The average molecular weight is 256 g/mol. The first-order valence-electron chi connectivity index (χ1n) is 5.47. The van der Waals surface area contributed by atoms with Crippen molar-refractivity contribution < 1.29 is 4.39 Å². The predicted molar refractivity (Wildman–Crippen MR) is 73.3 cm³/mol. The van der Waals surface area contributed by atoms with E-state index in [1.807, 2.05) is 24.3 Å². The van der Waals surface area contributed by atoms with Crippen LogP contribution >= 0.6 is 11.3 Å². The van der Waals surface area contributed by atoms with Gasteiger partial charge in [-0.3, -0.25) is 0 Å². The molecular weight excluding hydrogens is 247 g/mol. The van der Waals surface area contributed by atoms with Crippen LogP contribution in [0.25, 0.3) is 10.2 Å². The Kier molecular flexibility index (Phi) is 2.86. The van der Waals surface area contributed by atoms with Gasteiger partial charge in [-0.2, -0.15) is 0 Å². The molecule has 0 fully saturated rings. The van der Waals surface area contributed by atoms with Gasteiger partial charge in [0.1, 0.15) is 5.82 Å². The van der Waals surface area contributed by atoms with Gasteiger partial charge in [-0.1, -0.05) is 41.7 Å². The van der Waals surface area contributed by atoms with Gasteiger partial charge in [-0.15, -0.1) is 0 Å². The summed E-state index contributed by atoms with van der Waals surface area (Å²) in [7, 11) is 0. The first kappa shape index (κ1) is 11.0. The standard InChI is InChI=1S/C14H9FN2S/c15-11-6-2-1-5-10(11)9-16-14-17-12-7-3-4-8-13(12)18-14/h1-9H/b16-9+. The van der Waals surface area contributed by atoms with Gasteiger partial charge < -0.3 is 0 Å². The first-order valence-corrected chi connectivity index (χ1v) is 6.29. The Balaban J connectivity index is 1.95. The van der Waals surface area contributed by atoms with Crippen molar-refractivity contribution in [1.82, 2.24) is 4.98 Å². The van der Waals surface area contributed by atoms with Gasteiger partial charge in [0.05, 0.1) is 10.2 Å². The van der Waals surface area contributed by atoms with E-state index < -0.39 is 0 Å². The molecular formula is C14H9FN2S. The zero-order chi connectivity index (χ0) is 12.4. The SMILES string of the molecule is Fc1ccccc1/C=N/c1nc2ccccc2s1. The van der Waals surface area contributed by atoms with Crippen molar-refractivity contribution in [2.24, 2.45) is 4.99 Å². The first-order chi connectivity index (χ1) is 8.83. The molecule has 0 aliphatic rings. The monoisotopic (exact) mass is 256 g/mol. The third-order valence-electron chi connectivity index (χ3n) is 2.50. The highest BCUT2D eigenvalue weighted by Crippen LogP contribution is 2.27. The van der Waals surface area contributed by atoms with E-state index in [-0.39, 0.29) is 5.82 Å². The molecule has 0 unspecified atom stereocenters. The Morgan fingerprint density at radius 2 is 1.83 bits per heavy atom. The number of halogens is 1. The molecule has 0 atom stereocenters. The maximum Gasteiger partial charge on any atom is 0.210 e. The number of hydrogen-bond donors (Lipinski definition) is 0. The number of para-hydroxylation sites is 1. The number of aliphatic imine (C=N–C) groups is 1. The van der Waals surface area contributed by atoms with Crippen LogP contribution in [0.1, 0.15) is 5.56 Å². The van der Waals surface area contributed by atoms with Crippen molar-refractivity contribution in [3.8, 4) is 0 Å². The molecule has 88 valence electrons. The summed E-state index contributed by atoms with van der Waals surface area (Å²) in [4.78, 5) is 8.57. The lowest BCUT2D eigenvalue weighted by Crippen LogP contribution is -1.85. The minimum atomic E-state index is -0.276. The minimum Gasteiger partial charge on any atom is -0.227 e. The summed E-state index contributed by atoms with van der Waals surface area (Å²) in [6.45, 7) is 0. The zero-order valence-corrected chi connectivity index (χ0v) is 10.2. The molecule has 2 aromatic carbocycles. The molecule has 4 heteroatoms. The van der Waals surface area contributed by atoms with E-state index in [2.05, 4.69) is 9.98 Å². The van der Waals surface area contributed by atoms with Crippen molar-refractivity contribution in [3.05, 3.63) is 59.9 Å². The third kappa shape index (κ3) is 2.15. The van der Waals surface area contributed by atoms with E-state index >= 15 is 0 Å². The number of nitrogens with zero attached hydrogens (tertiary/aromatic N) is 2. The van der Waals surface area contributed by atoms with E-state index in [9.17, 15) is 4.39 Å². The summed E-state index contributed by atoms with van der Waals surface area (Å²) in [5, 5.41) is 0.638. The van der Waals surface area contributed by atoms with E-state index in [0.717, 1.165) is 10.2 Å². The third-order valence-corrected chi connectivity index (χ3v) is 3.45. The average Bonchev–Trinajstić information content (AvgIpc) is 2.80. The van der Waals surface area contributed by atoms with Crippen molar-refractivity contribution in [3.63, 3.8) is 0 Å². The number of hydrogen-bond acceptors (Lipinski definition) is 3. The lowest BCUT2D eigenvalue weighted by molar-refractivity contribution is 0.626. The fourth-order valence-corrected chi connectivity index (χ4v) is 2.43. The Labute approximate surface area is 107 Å². The highest BCUT2D eigenvalue weighted by atomic mass is 32.1. The molecule has 0 aliphatic carbocycles. The van der Waals surface area contributed by atoms with Crippen molar-refractivity contribution in [1.29, 1.82) is 0 Å². The molecule has 3 rings (SSSR count). The highest BCUT2D eigenvalue weighted by molar-refractivity contribution is 7.22. The molecule has 0 spiro atoms. The number of thiazole rings is 1. The second-order valence-electron chi connectivity index (χ2n) is 3.74. The second-order valence-corrected chi connectivity index (χ2v) is 4.75. The Morgan fingerprint density at radius 3 is 2.67 bits per heavy atom. The highest BCUT2D eigenvalue weighted by Gasteiger charge is 2.01. The van der Waals surface area contributed by atoms with Gasteiger partial charge in [0, 0.05) is 11.8 Å². The topological polar surface area (TPSA) is 25.2 Å². The summed E-state index contributed by atoms with van der Waals surface area (Å²) < 4.78 is 14.5. The van der Waals surface area contributed by atoms with Crippen LogP contribution in [0.3, 0.4) is 0 Å². The Hall–Kier alpha value is -2.07. The van der Waals surface area contributed by atoms with E-state index in [4.69, 9.17) is 0 Å². The number of fused-ring (bicyclic) bond motifs is 1. The van der Waals surface area contributed by atoms with E-state index in [1.165, 1.54) is 23.6 Å². The van der Waals surface area contributed by atoms with Crippen LogP contribution in [-0.4, -0.2) is 11.2 Å². The van der Waals surface area contributed by atoms with Gasteiger partial charge in [0.2, 0.25) is 5.13 Å². The molecule has 0 saturated heterocycles. The molecule has 1 heterocycles. The van der Waals surface area contributed by atoms with Crippen molar-refractivity contribution in [2.45, 2.75) is 0 Å². The molecule has 0 N–H and O–H groups in total. The van der Waals surface area contributed by atoms with Gasteiger partial charge in [0.25, 0.3) is 0 Å². The summed E-state index contributed by atoms with van der Waals surface area (Å²) in [6.07, 6.45) is 1.51. The molecule has 18 heavy (non-hydrogen) atoms. The molecule has 3 aromatic rings. The molecule has 1 aromatic heterocycles. The number of benzene rings is 2. The minimum absolute atomic E-state index is 0.276. The van der Waals surface area contributed by atoms with Crippen LogP contribution in [-0.2, 0) is 0 Å². The molecule has 0 aliphatic heterocycles. The van der Waals surface area contributed by atoms with Gasteiger partial charge in [-0.05, 0) is 18.2 Å². The van der Waals surface area contributed by atoms with Gasteiger partial charge in [0.15, 0.2) is 0 Å². The Morgan fingerprint density at radius 1 is 1.06 bits per heavy atom. The van der Waals surface area contributed by atoms with Gasteiger partial charge in [-0.25, -0.2) is 14.4 Å². The van der Waals surface area contributed by atoms with Crippen molar-refractivity contribution in [2.75, 3.05) is 0 Å². The lowest BCUT2D eigenvalue weighted by Gasteiger charge is -1.92. The molecule has 0 bridgehead atoms. The van der Waals surface area contributed by atoms with Crippen LogP contribution in [0.15, 0.2) is 53.5 Å². The fraction of sp³-hybridized carbons (Fsp3) is 0. The number of rotatable bonds is 2. The second kappa shape index (κ2) is 4.66. The largest absolute Gasteiger partial charge is 0.227 e. The maximum absolute atomic E-state index is 13.4. The molecule has 0 radical (unpaired) electrons. The predicted octanol–water partition coefficient (Wildman–Crippen LogP) is 4.19. The van der Waals surface area contributed by atoms with E-state index in [0.29, 0.717) is 10.7 Å². The smallest absolute Gasteiger partial charge is 0.210 e. The lowest BCUT2D eigenvalue weighted by atomic mass is 10.2. The Bertz CT molecular complexity index is 685. The number of aromatic nitrogens is 1. The van der Waals surface area contributed by atoms with Crippen LogP contribution < -0.4 is 0 Å². The van der Waals surface area contributed by atoms with Crippen molar-refractivity contribution >= 4 is 32.9 Å². The summed E-state index contributed by atoms with van der Waals surface area (Å²) >= 11 is 1.49. The fourth-order valence-electron chi connectivity index (χ4n) is 1.62. The summed E-state index contributed by atoms with van der Waals surface area (Å²) in [5.41, 5.74) is 1.39. The zero-order valence-electron chi connectivity index (χ0n) is 9.38. The van der Waals surface area contributed by atoms with Gasteiger partial charge >= 0.3 is 0 Å². The molecule has 2 nitrogen and oxygen atoms in total. The normalized spacial score (nSPS) is 11.4.